The number of amides is 1. The number of fused-ring (bicyclic) bond motifs is 1. The number of hydrogen-bond donors (Lipinski definition) is 1. The van der Waals surface area contributed by atoms with Crippen LogP contribution in [0.15, 0.2) is 77.7 Å². The molecular weight excluding hydrogens is 396 g/mol. The molecule has 0 saturated carbocycles. The molecule has 4 aromatic rings. The minimum absolute atomic E-state index is 0.0573. The summed E-state index contributed by atoms with van der Waals surface area (Å²) in [6, 6.07) is 24.5. The molecule has 3 nitrogen and oxygen atoms in total. The highest BCUT2D eigenvalue weighted by Gasteiger charge is 2.08. The van der Waals surface area contributed by atoms with E-state index in [2.05, 4.69) is 42.6 Å². The number of aromatic nitrogens is 1. The second-order valence-corrected chi connectivity index (χ2v) is 9.08. The normalized spacial score (nSPS) is 10.9. The lowest BCUT2D eigenvalue weighted by molar-refractivity contribution is -0.116. The molecule has 0 aliphatic carbocycles. The van der Waals surface area contributed by atoms with Crippen LogP contribution < -0.4 is 5.32 Å². The Morgan fingerprint density at radius 3 is 2.62 bits per heavy atom. The van der Waals surface area contributed by atoms with E-state index in [4.69, 9.17) is 4.98 Å². The van der Waals surface area contributed by atoms with Crippen molar-refractivity contribution in [1.82, 2.24) is 4.98 Å². The maximum atomic E-state index is 12.2. The first-order chi connectivity index (χ1) is 14.2. The zero-order valence-electron chi connectivity index (χ0n) is 16.2. The van der Waals surface area contributed by atoms with Crippen LogP contribution in [0.1, 0.15) is 18.4 Å². The summed E-state index contributed by atoms with van der Waals surface area (Å²) in [6.45, 7) is 2.09. The minimum Gasteiger partial charge on any atom is -0.326 e. The Morgan fingerprint density at radius 1 is 1.03 bits per heavy atom. The molecule has 4 rings (SSSR count). The fraction of sp³-hybridized carbons (Fsp3) is 0.167. The van der Waals surface area contributed by atoms with Crippen molar-refractivity contribution in [2.45, 2.75) is 24.7 Å². The van der Waals surface area contributed by atoms with Gasteiger partial charge < -0.3 is 5.32 Å². The number of nitrogens with one attached hydrogen (secondary N) is 1. The summed E-state index contributed by atoms with van der Waals surface area (Å²) in [5, 5.41) is 3.99. The largest absolute Gasteiger partial charge is 0.326 e. The van der Waals surface area contributed by atoms with E-state index in [9.17, 15) is 4.79 Å². The van der Waals surface area contributed by atoms with Gasteiger partial charge in [-0.3, -0.25) is 4.79 Å². The van der Waals surface area contributed by atoms with Gasteiger partial charge in [0.25, 0.3) is 0 Å². The van der Waals surface area contributed by atoms with E-state index < -0.39 is 0 Å². The van der Waals surface area contributed by atoms with E-state index in [1.54, 1.807) is 23.1 Å². The molecular formula is C24H22N2OS2. The van der Waals surface area contributed by atoms with Crippen LogP contribution in [0.4, 0.5) is 5.69 Å². The molecule has 5 heteroatoms. The molecule has 1 N–H and O–H groups in total. The van der Waals surface area contributed by atoms with Gasteiger partial charge in [-0.15, -0.1) is 23.1 Å². The lowest BCUT2D eigenvalue weighted by Crippen LogP contribution is -2.11. The molecule has 0 unspecified atom stereocenters. The van der Waals surface area contributed by atoms with E-state index >= 15 is 0 Å². The zero-order valence-corrected chi connectivity index (χ0v) is 17.9. The minimum atomic E-state index is 0.0573. The Balaban J connectivity index is 1.30. The Morgan fingerprint density at radius 2 is 1.83 bits per heavy atom. The third-order valence-electron chi connectivity index (χ3n) is 4.52. The van der Waals surface area contributed by atoms with Gasteiger partial charge in [0.15, 0.2) is 0 Å². The number of benzene rings is 3. The standard InChI is InChI=1S/C24H22N2OS2/c1-17-9-14-21-22(16-17)29-24(26-21)18-10-12-19(13-11-18)25-23(27)8-5-15-28-20-6-3-2-4-7-20/h2-4,6-7,9-14,16H,5,8,15H2,1H3,(H,25,27). The maximum Gasteiger partial charge on any atom is 0.224 e. The van der Waals surface area contributed by atoms with Crippen molar-refractivity contribution in [1.29, 1.82) is 0 Å². The van der Waals surface area contributed by atoms with Crippen LogP contribution >= 0.6 is 23.1 Å². The second kappa shape index (κ2) is 9.25. The monoisotopic (exact) mass is 418 g/mol. The topological polar surface area (TPSA) is 42.0 Å². The molecule has 1 heterocycles. The van der Waals surface area contributed by atoms with Crippen molar-refractivity contribution in [3.05, 3.63) is 78.4 Å². The number of thioether (sulfide) groups is 1. The van der Waals surface area contributed by atoms with Gasteiger partial charge in [0.05, 0.1) is 10.2 Å². The maximum absolute atomic E-state index is 12.2. The Labute approximate surface area is 179 Å². The van der Waals surface area contributed by atoms with Crippen molar-refractivity contribution in [3.8, 4) is 10.6 Å². The van der Waals surface area contributed by atoms with Gasteiger partial charge in [-0.2, -0.15) is 0 Å². The van der Waals surface area contributed by atoms with Crippen LogP contribution in [0.3, 0.4) is 0 Å². The summed E-state index contributed by atoms with van der Waals surface area (Å²) in [5.41, 5.74) is 4.17. The molecule has 1 aromatic heterocycles. The smallest absolute Gasteiger partial charge is 0.224 e. The van der Waals surface area contributed by atoms with Crippen LogP contribution in [0, 0.1) is 6.92 Å². The molecule has 0 spiro atoms. The van der Waals surface area contributed by atoms with Crippen molar-refractivity contribution in [3.63, 3.8) is 0 Å². The quantitative estimate of drug-likeness (QED) is 0.266. The third kappa shape index (κ3) is 5.25. The molecule has 0 aliphatic heterocycles. The SMILES string of the molecule is Cc1ccc2nc(-c3ccc(NC(=O)CCCSc4ccccc4)cc3)sc2c1. The number of anilines is 1. The summed E-state index contributed by atoms with van der Waals surface area (Å²) >= 11 is 3.48. The first-order valence-electron chi connectivity index (χ1n) is 9.63. The molecule has 146 valence electrons. The average Bonchev–Trinajstić information content (AvgIpc) is 3.16. The number of carbonyl (C=O) groups is 1. The van der Waals surface area contributed by atoms with Crippen LogP contribution in [0.25, 0.3) is 20.8 Å². The highest BCUT2D eigenvalue weighted by Crippen LogP contribution is 2.31. The summed E-state index contributed by atoms with van der Waals surface area (Å²) in [5.74, 6) is 0.995. The molecule has 0 fully saturated rings. The van der Waals surface area contributed by atoms with Gasteiger partial charge in [0, 0.05) is 22.6 Å². The third-order valence-corrected chi connectivity index (χ3v) is 6.69. The van der Waals surface area contributed by atoms with Gasteiger partial charge in [0.2, 0.25) is 5.91 Å². The van der Waals surface area contributed by atoms with Gasteiger partial charge in [-0.25, -0.2) is 4.98 Å². The fourth-order valence-electron chi connectivity index (χ4n) is 3.01. The van der Waals surface area contributed by atoms with E-state index in [1.807, 2.05) is 42.5 Å². The van der Waals surface area contributed by atoms with Gasteiger partial charge in [0.1, 0.15) is 5.01 Å². The van der Waals surface area contributed by atoms with Gasteiger partial charge >= 0.3 is 0 Å². The van der Waals surface area contributed by atoms with Crippen molar-refractivity contribution < 1.29 is 4.79 Å². The first-order valence-corrected chi connectivity index (χ1v) is 11.4. The lowest BCUT2D eigenvalue weighted by atomic mass is 10.2. The van der Waals surface area contributed by atoms with Crippen LogP contribution in [-0.4, -0.2) is 16.6 Å². The summed E-state index contributed by atoms with van der Waals surface area (Å²) < 4.78 is 1.20. The molecule has 0 aliphatic rings. The van der Waals surface area contributed by atoms with Gasteiger partial charge in [-0.1, -0.05) is 24.3 Å². The zero-order chi connectivity index (χ0) is 20.1. The van der Waals surface area contributed by atoms with Crippen LogP contribution in [0.2, 0.25) is 0 Å². The summed E-state index contributed by atoms with van der Waals surface area (Å²) in [6.07, 6.45) is 1.38. The Kier molecular flexibility index (Phi) is 6.27. The highest BCUT2D eigenvalue weighted by molar-refractivity contribution is 7.99. The van der Waals surface area contributed by atoms with E-state index in [1.165, 1.54) is 15.2 Å². The number of thiazole rings is 1. The molecule has 0 bridgehead atoms. The number of hydrogen-bond acceptors (Lipinski definition) is 4. The van der Waals surface area contributed by atoms with Crippen molar-refractivity contribution in [2.75, 3.05) is 11.1 Å². The van der Waals surface area contributed by atoms with E-state index in [-0.39, 0.29) is 5.91 Å². The Bertz CT molecular complexity index is 1100. The van der Waals surface area contributed by atoms with Crippen LogP contribution in [-0.2, 0) is 4.79 Å². The number of aryl methyl sites for hydroxylation is 1. The van der Waals surface area contributed by atoms with Gasteiger partial charge in [-0.05, 0) is 73.2 Å². The molecule has 0 saturated heterocycles. The average molecular weight is 419 g/mol. The van der Waals surface area contributed by atoms with Crippen LogP contribution in [0.5, 0.6) is 0 Å². The Hall–Kier alpha value is -2.63. The number of rotatable bonds is 7. The predicted octanol–water partition coefficient (Wildman–Crippen LogP) is 6.78. The van der Waals surface area contributed by atoms with E-state index in [0.717, 1.165) is 33.9 Å². The lowest BCUT2D eigenvalue weighted by Gasteiger charge is -2.06. The summed E-state index contributed by atoms with van der Waals surface area (Å²) in [7, 11) is 0. The summed E-state index contributed by atoms with van der Waals surface area (Å²) in [4.78, 5) is 18.2. The first kappa shape index (κ1) is 19.7. The van der Waals surface area contributed by atoms with Crippen molar-refractivity contribution >= 4 is 44.9 Å². The molecule has 0 atom stereocenters. The van der Waals surface area contributed by atoms with E-state index in [0.29, 0.717) is 6.42 Å². The number of nitrogens with zero attached hydrogens (tertiary/aromatic N) is 1. The molecule has 0 radical (unpaired) electrons. The molecule has 3 aromatic carbocycles. The van der Waals surface area contributed by atoms with Crippen molar-refractivity contribution in [2.24, 2.45) is 0 Å². The molecule has 1 amide bonds. The predicted molar refractivity (Wildman–Crippen MR) is 125 cm³/mol. The number of carbonyl (C=O) groups excluding carboxylic acids is 1. The fourth-order valence-corrected chi connectivity index (χ4v) is 4.96. The highest BCUT2D eigenvalue weighted by atomic mass is 32.2. The molecule has 29 heavy (non-hydrogen) atoms. The second-order valence-electron chi connectivity index (χ2n) is 6.88.